The van der Waals surface area contributed by atoms with Gasteiger partial charge in [-0.3, -0.25) is 0 Å². The maximum Gasteiger partial charge on any atom is 0.216 e. The number of hydrogen-bond donors (Lipinski definition) is 0. The van der Waals surface area contributed by atoms with Crippen LogP contribution in [0, 0.1) is 12.3 Å². The minimum Gasteiger partial charge on any atom is -0.455 e. The molecule has 0 saturated heterocycles. The Balaban J connectivity index is 1.68. The molecule has 0 amide bonds. The fourth-order valence-electron chi connectivity index (χ4n) is 5.76. The third-order valence-electron chi connectivity index (χ3n) is 7.56. The molecule has 3 heteroatoms. The van der Waals surface area contributed by atoms with Crippen molar-refractivity contribution in [3.63, 3.8) is 0 Å². The fourth-order valence-corrected chi connectivity index (χ4v) is 7.28. The molecule has 0 spiro atoms. The van der Waals surface area contributed by atoms with Gasteiger partial charge in [0.25, 0.3) is 0 Å². The zero-order valence-corrected chi connectivity index (χ0v) is 24.8. The van der Waals surface area contributed by atoms with E-state index in [0.29, 0.717) is 0 Å². The van der Waals surface area contributed by atoms with Crippen molar-refractivity contribution < 1.29 is 11.7 Å². The summed E-state index contributed by atoms with van der Waals surface area (Å²) in [5.74, 6) is 0. The second-order valence-electron chi connectivity index (χ2n) is 12.8. The van der Waals surface area contributed by atoms with E-state index in [1.54, 1.807) is 0 Å². The van der Waals surface area contributed by atoms with Crippen LogP contribution in [0.2, 0.25) is 19.6 Å². The highest BCUT2D eigenvalue weighted by molar-refractivity contribution is 6.89. The average Bonchev–Trinajstić information content (AvgIpc) is 3.23. The van der Waals surface area contributed by atoms with Crippen LogP contribution < -0.4 is 9.75 Å². The maximum atomic E-state index is 9.28. The average molecular weight is 519 g/mol. The molecular formula is C35H38NOSi+. The molecule has 0 aliphatic carbocycles. The van der Waals surface area contributed by atoms with Crippen LogP contribution in [0.25, 0.3) is 54.7 Å². The molecule has 0 radical (unpaired) electrons. The quantitative estimate of drug-likeness (QED) is 0.130. The highest BCUT2D eigenvalue weighted by atomic mass is 28.3. The number of hydrogen-bond acceptors (Lipinski definition) is 1. The Labute approximate surface area is 229 Å². The minimum absolute atomic E-state index is 0.554. The molecule has 2 aromatic heterocycles. The number of fused-ring (bicyclic) bond motifs is 6. The van der Waals surface area contributed by atoms with E-state index in [1.165, 1.54) is 21.5 Å². The van der Waals surface area contributed by atoms with Crippen molar-refractivity contribution >= 4 is 56.7 Å². The Hall–Kier alpha value is -3.43. The van der Waals surface area contributed by atoms with Gasteiger partial charge in [0.05, 0.1) is 13.6 Å². The van der Waals surface area contributed by atoms with Gasteiger partial charge in [-0.25, -0.2) is 4.57 Å². The first-order valence-corrected chi connectivity index (χ1v) is 17.0. The van der Waals surface area contributed by atoms with Crippen molar-refractivity contribution in [2.75, 3.05) is 0 Å². The highest BCUT2D eigenvalue weighted by Crippen LogP contribution is 2.40. The third kappa shape index (κ3) is 4.14. The first-order valence-electron chi connectivity index (χ1n) is 14.5. The number of pyridine rings is 1. The monoisotopic (exact) mass is 518 g/mol. The molecule has 0 unspecified atom stereocenters. The van der Waals surface area contributed by atoms with E-state index in [0.717, 1.165) is 49.5 Å². The lowest BCUT2D eigenvalue weighted by Crippen LogP contribution is -2.47. The smallest absolute Gasteiger partial charge is 0.216 e. The van der Waals surface area contributed by atoms with E-state index in [4.69, 9.17) is 4.42 Å². The molecule has 6 aromatic rings. The Morgan fingerprint density at radius 3 is 2.32 bits per heavy atom. The van der Waals surface area contributed by atoms with Gasteiger partial charge in [-0.1, -0.05) is 88.9 Å². The number of furan rings is 1. The number of aromatic nitrogens is 1. The lowest BCUT2D eigenvalue weighted by atomic mass is 9.87. The van der Waals surface area contributed by atoms with E-state index < -0.39 is 19.9 Å². The molecule has 6 rings (SSSR count). The van der Waals surface area contributed by atoms with E-state index in [1.807, 2.05) is 20.8 Å². The van der Waals surface area contributed by atoms with E-state index in [2.05, 4.69) is 111 Å². The molecule has 0 aliphatic heterocycles. The first-order chi connectivity index (χ1) is 18.7. The van der Waals surface area contributed by atoms with Crippen LogP contribution in [-0.2, 0) is 13.4 Å². The third-order valence-corrected chi connectivity index (χ3v) is 9.58. The normalized spacial score (nSPS) is 14.0. The molecule has 38 heavy (non-hydrogen) atoms. The van der Waals surface area contributed by atoms with Gasteiger partial charge in [0.1, 0.15) is 18.2 Å². The molecule has 0 atom stereocenters. The summed E-state index contributed by atoms with van der Waals surface area (Å²) < 4.78 is 27.5. The van der Waals surface area contributed by atoms with Crippen molar-refractivity contribution in [2.45, 2.75) is 53.7 Å². The summed E-state index contributed by atoms with van der Waals surface area (Å²) in [5, 5.41) is 8.17. The van der Waals surface area contributed by atoms with Gasteiger partial charge in [-0.15, -0.1) is 0 Å². The lowest BCUT2D eigenvalue weighted by Gasteiger charge is -2.25. The first kappa shape index (κ1) is 22.5. The van der Waals surface area contributed by atoms with Gasteiger partial charge in [-0.05, 0) is 63.5 Å². The Kier molecular flexibility index (Phi) is 5.07. The van der Waals surface area contributed by atoms with Gasteiger partial charge in [-0.2, -0.15) is 0 Å². The van der Waals surface area contributed by atoms with Gasteiger partial charge in [0.15, 0.2) is 6.20 Å². The summed E-state index contributed by atoms with van der Waals surface area (Å²) in [4.78, 5) is 0. The van der Waals surface area contributed by atoms with Gasteiger partial charge in [0, 0.05) is 24.8 Å². The van der Waals surface area contributed by atoms with Crippen LogP contribution in [0.15, 0.2) is 77.3 Å². The number of rotatable bonds is 3. The molecule has 0 bridgehead atoms. The summed E-state index contributed by atoms with van der Waals surface area (Å²) in [7, 11) is 0.230. The SMILES string of the molecule is [2H]C([2H])(c1cc(-c2c(C)ccc3c2oc2cc4c(ccc5ccccc54)cc23)[n+](C)cc1[Si](C)(C)C)C(C)(C)C. The standard InChI is InChI=1S/C35H38NOSi/c1-22-13-16-27-29-17-24-15-14-23-11-9-10-12-26(23)28(24)19-31(29)37-34(27)33(22)30-18-25(20-35(2,3)4)32(21-36(30)5)38(6,7)8/h9-19,21H,20H2,1-8H3/q+1/i20D2. The molecule has 0 N–H and O–H groups in total. The predicted octanol–water partition coefficient (Wildman–Crippen LogP) is 8.83. The van der Waals surface area contributed by atoms with Crippen LogP contribution in [-0.4, -0.2) is 8.07 Å². The van der Waals surface area contributed by atoms with Crippen molar-refractivity contribution in [3.8, 4) is 11.3 Å². The second-order valence-corrected chi connectivity index (χ2v) is 17.9. The molecule has 0 aliphatic rings. The predicted molar refractivity (Wildman–Crippen MR) is 166 cm³/mol. The van der Waals surface area contributed by atoms with Crippen LogP contribution in [0.4, 0.5) is 0 Å². The molecule has 192 valence electrons. The van der Waals surface area contributed by atoms with E-state index in [-0.39, 0.29) is 0 Å². The minimum atomic E-state index is -1.85. The number of benzene rings is 4. The summed E-state index contributed by atoms with van der Waals surface area (Å²) in [6, 6.07) is 23.7. The highest BCUT2D eigenvalue weighted by Gasteiger charge is 2.29. The molecule has 2 heterocycles. The van der Waals surface area contributed by atoms with E-state index >= 15 is 0 Å². The Bertz CT molecular complexity index is 1970. The summed E-state index contributed by atoms with van der Waals surface area (Å²) in [6.07, 6.45) is 0.682. The summed E-state index contributed by atoms with van der Waals surface area (Å²) in [6.45, 7) is 15.0. The van der Waals surface area contributed by atoms with Crippen molar-refractivity contribution in [3.05, 3.63) is 84.1 Å². The topological polar surface area (TPSA) is 17.0 Å². The molecular weight excluding hydrogens is 478 g/mol. The Morgan fingerprint density at radius 1 is 0.842 bits per heavy atom. The largest absolute Gasteiger partial charge is 0.455 e. The molecule has 4 aromatic carbocycles. The molecule has 0 saturated carbocycles. The zero-order chi connectivity index (χ0) is 28.8. The summed E-state index contributed by atoms with van der Waals surface area (Å²) in [5.41, 5.74) is 5.09. The molecule has 2 nitrogen and oxygen atoms in total. The zero-order valence-electron chi connectivity index (χ0n) is 25.8. The van der Waals surface area contributed by atoms with Crippen molar-refractivity contribution in [2.24, 2.45) is 12.5 Å². The van der Waals surface area contributed by atoms with Gasteiger partial charge in [0.2, 0.25) is 5.69 Å². The van der Waals surface area contributed by atoms with Crippen molar-refractivity contribution in [1.82, 2.24) is 0 Å². The van der Waals surface area contributed by atoms with Crippen molar-refractivity contribution in [1.29, 1.82) is 0 Å². The Morgan fingerprint density at radius 2 is 1.58 bits per heavy atom. The van der Waals surface area contributed by atoms with Crippen LogP contribution in [0.5, 0.6) is 0 Å². The van der Waals surface area contributed by atoms with Gasteiger partial charge < -0.3 is 4.42 Å². The number of aryl methyl sites for hydroxylation is 2. The molecule has 0 fully saturated rings. The maximum absolute atomic E-state index is 9.28. The second kappa shape index (κ2) is 8.54. The van der Waals surface area contributed by atoms with Gasteiger partial charge >= 0.3 is 0 Å². The van der Waals surface area contributed by atoms with Crippen LogP contribution in [0.3, 0.4) is 0 Å². The van der Waals surface area contributed by atoms with Crippen LogP contribution in [0.1, 0.15) is 34.6 Å². The van der Waals surface area contributed by atoms with E-state index in [9.17, 15) is 2.74 Å². The lowest BCUT2D eigenvalue weighted by molar-refractivity contribution is -0.659. The fraction of sp³-hybridized carbons (Fsp3) is 0.286. The van der Waals surface area contributed by atoms with Crippen LogP contribution >= 0.6 is 0 Å². The number of nitrogens with zero attached hydrogens (tertiary/aromatic N) is 1. The summed E-state index contributed by atoms with van der Waals surface area (Å²) >= 11 is 0.